The summed E-state index contributed by atoms with van der Waals surface area (Å²) in [6.07, 6.45) is 0. The molecule has 0 unspecified atom stereocenters. The third-order valence-corrected chi connectivity index (χ3v) is 1.67. The van der Waals surface area contributed by atoms with Crippen molar-refractivity contribution in [3.8, 4) is 0 Å². The fourth-order valence-electron chi connectivity index (χ4n) is 1.12. The molecule has 0 radical (unpaired) electrons. The molecule has 2 aromatic rings. The standard InChI is InChI=1S/C9H6O4/c1-5-4-7-6(9(11)12-5)2-3-8(10)13-7/h2-4H,1H3. The summed E-state index contributed by atoms with van der Waals surface area (Å²) in [7, 11) is 0. The van der Waals surface area contributed by atoms with Gasteiger partial charge in [-0.3, -0.25) is 0 Å². The Bertz CT molecular complexity index is 562. The SMILES string of the molecule is Cc1cc2oc(=O)ccc2c(=O)o1. The second kappa shape index (κ2) is 2.58. The van der Waals surface area contributed by atoms with E-state index in [0.717, 1.165) is 0 Å². The minimum atomic E-state index is -0.487. The van der Waals surface area contributed by atoms with Gasteiger partial charge in [0.15, 0.2) is 0 Å². The topological polar surface area (TPSA) is 60.4 Å². The summed E-state index contributed by atoms with van der Waals surface area (Å²) < 4.78 is 9.62. The first-order valence-corrected chi connectivity index (χ1v) is 3.71. The molecule has 4 heteroatoms. The summed E-state index contributed by atoms with van der Waals surface area (Å²) >= 11 is 0. The minimum absolute atomic E-state index is 0.265. The second-order valence-corrected chi connectivity index (χ2v) is 2.68. The van der Waals surface area contributed by atoms with Gasteiger partial charge >= 0.3 is 11.3 Å². The van der Waals surface area contributed by atoms with Crippen molar-refractivity contribution in [2.45, 2.75) is 6.92 Å². The third kappa shape index (κ3) is 1.26. The van der Waals surface area contributed by atoms with Crippen LogP contribution in [0.2, 0.25) is 0 Å². The first kappa shape index (κ1) is 7.79. The Kier molecular flexibility index (Phi) is 1.55. The van der Waals surface area contributed by atoms with Crippen LogP contribution in [0.4, 0.5) is 0 Å². The Balaban J connectivity index is 3.03. The van der Waals surface area contributed by atoms with Crippen LogP contribution in [0.1, 0.15) is 5.76 Å². The van der Waals surface area contributed by atoms with Gasteiger partial charge in [0.1, 0.15) is 16.7 Å². The van der Waals surface area contributed by atoms with Crippen molar-refractivity contribution in [1.29, 1.82) is 0 Å². The van der Waals surface area contributed by atoms with Crippen molar-refractivity contribution in [3.63, 3.8) is 0 Å². The van der Waals surface area contributed by atoms with Crippen molar-refractivity contribution in [2.24, 2.45) is 0 Å². The Morgan fingerprint density at radius 2 is 1.92 bits per heavy atom. The predicted molar refractivity (Wildman–Crippen MR) is 45.8 cm³/mol. The highest BCUT2D eigenvalue weighted by molar-refractivity contribution is 5.74. The van der Waals surface area contributed by atoms with Crippen molar-refractivity contribution < 1.29 is 8.83 Å². The lowest BCUT2D eigenvalue weighted by Gasteiger charge is -1.94. The summed E-state index contributed by atoms with van der Waals surface area (Å²) in [5, 5.41) is 0.283. The monoisotopic (exact) mass is 178 g/mol. The van der Waals surface area contributed by atoms with E-state index in [1.165, 1.54) is 18.2 Å². The molecule has 0 saturated heterocycles. The van der Waals surface area contributed by atoms with E-state index in [0.29, 0.717) is 5.76 Å². The van der Waals surface area contributed by atoms with Gasteiger partial charge in [-0.05, 0) is 13.0 Å². The Labute approximate surface area is 72.4 Å². The molecule has 4 nitrogen and oxygen atoms in total. The molecule has 66 valence electrons. The van der Waals surface area contributed by atoms with Gasteiger partial charge in [0.05, 0.1) is 0 Å². The molecular formula is C9H6O4. The molecule has 0 aromatic carbocycles. The fourth-order valence-corrected chi connectivity index (χ4v) is 1.12. The van der Waals surface area contributed by atoms with Gasteiger partial charge in [-0.15, -0.1) is 0 Å². The number of hydrogen-bond acceptors (Lipinski definition) is 4. The van der Waals surface area contributed by atoms with Gasteiger partial charge in [-0.25, -0.2) is 9.59 Å². The van der Waals surface area contributed by atoms with Crippen LogP contribution in [0.5, 0.6) is 0 Å². The lowest BCUT2D eigenvalue weighted by Crippen LogP contribution is -2.03. The molecular weight excluding hydrogens is 172 g/mol. The molecule has 0 N–H and O–H groups in total. The normalized spacial score (nSPS) is 10.5. The quantitative estimate of drug-likeness (QED) is 0.605. The van der Waals surface area contributed by atoms with Crippen LogP contribution in [0.15, 0.2) is 36.6 Å². The number of hydrogen-bond donors (Lipinski definition) is 0. The van der Waals surface area contributed by atoms with Gasteiger partial charge in [0, 0.05) is 12.1 Å². The van der Waals surface area contributed by atoms with E-state index in [9.17, 15) is 9.59 Å². The Morgan fingerprint density at radius 1 is 1.15 bits per heavy atom. The summed E-state index contributed by atoms with van der Waals surface area (Å²) in [6.45, 7) is 1.62. The number of aryl methyl sites for hydroxylation is 1. The maximum atomic E-state index is 11.2. The van der Waals surface area contributed by atoms with Gasteiger partial charge in [0.25, 0.3) is 0 Å². The average molecular weight is 178 g/mol. The van der Waals surface area contributed by atoms with Gasteiger partial charge in [0.2, 0.25) is 0 Å². The smallest absolute Gasteiger partial charge is 0.347 e. The molecule has 13 heavy (non-hydrogen) atoms. The maximum absolute atomic E-state index is 11.2. The Morgan fingerprint density at radius 3 is 2.69 bits per heavy atom. The minimum Gasteiger partial charge on any atom is -0.428 e. The van der Waals surface area contributed by atoms with Crippen LogP contribution in [-0.2, 0) is 0 Å². The van der Waals surface area contributed by atoms with E-state index < -0.39 is 11.3 Å². The molecule has 0 aliphatic rings. The first-order chi connectivity index (χ1) is 6.16. The Hall–Kier alpha value is -1.84. The van der Waals surface area contributed by atoms with Crippen LogP contribution in [-0.4, -0.2) is 0 Å². The molecule has 2 heterocycles. The molecule has 2 rings (SSSR count). The molecule has 0 atom stereocenters. The van der Waals surface area contributed by atoms with Gasteiger partial charge in [-0.1, -0.05) is 0 Å². The lowest BCUT2D eigenvalue weighted by atomic mass is 10.3. The van der Waals surface area contributed by atoms with E-state index in [1.807, 2.05) is 0 Å². The van der Waals surface area contributed by atoms with Crippen molar-refractivity contribution >= 4 is 11.0 Å². The summed E-state index contributed by atoms with van der Waals surface area (Å²) in [5.41, 5.74) is -0.697. The first-order valence-electron chi connectivity index (χ1n) is 3.71. The van der Waals surface area contributed by atoms with Gasteiger partial charge < -0.3 is 8.83 Å². The van der Waals surface area contributed by atoms with Gasteiger partial charge in [-0.2, -0.15) is 0 Å². The number of rotatable bonds is 0. The zero-order valence-corrected chi connectivity index (χ0v) is 6.87. The molecule has 0 amide bonds. The van der Waals surface area contributed by atoms with Crippen LogP contribution in [0.3, 0.4) is 0 Å². The van der Waals surface area contributed by atoms with Crippen molar-refractivity contribution in [2.75, 3.05) is 0 Å². The van der Waals surface area contributed by atoms with Crippen molar-refractivity contribution in [1.82, 2.24) is 0 Å². The highest BCUT2D eigenvalue weighted by atomic mass is 16.4. The molecule has 0 fully saturated rings. The third-order valence-electron chi connectivity index (χ3n) is 1.67. The van der Waals surface area contributed by atoms with E-state index in [-0.39, 0.29) is 11.0 Å². The van der Waals surface area contributed by atoms with E-state index in [4.69, 9.17) is 8.83 Å². The molecule has 0 aliphatic carbocycles. The highest BCUT2D eigenvalue weighted by Crippen LogP contribution is 2.07. The van der Waals surface area contributed by atoms with Crippen LogP contribution < -0.4 is 11.3 Å². The van der Waals surface area contributed by atoms with E-state index in [2.05, 4.69) is 0 Å². The number of fused-ring (bicyclic) bond motifs is 1. The van der Waals surface area contributed by atoms with Crippen molar-refractivity contribution in [3.05, 3.63) is 44.8 Å². The lowest BCUT2D eigenvalue weighted by molar-refractivity contribution is 0.478. The summed E-state index contributed by atoms with van der Waals surface area (Å²) in [5.74, 6) is 0.423. The van der Waals surface area contributed by atoms with Crippen LogP contribution in [0.25, 0.3) is 11.0 Å². The largest absolute Gasteiger partial charge is 0.428 e. The molecule has 0 spiro atoms. The summed E-state index contributed by atoms with van der Waals surface area (Å²) in [4.78, 5) is 22.0. The summed E-state index contributed by atoms with van der Waals surface area (Å²) in [6, 6.07) is 4.10. The highest BCUT2D eigenvalue weighted by Gasteiger charge is 2.03. The average Bonchev–Trinajstić information content (AvgIpc) is 2.02. The second-order valence-electron chi connectivity index (χ2n) is 2.68. The molecule has 0 aliphatic heterocycles. The zero-order chi connectivity index (χ0) is 9.42. The maximum Gasteiger partial charge on any atom is 0.347 e. The fraction of sp³-hybridized carbons (Fsp3) is 0.111. The zero-order valence-electron chi connectivity index (χ0n) is 6.87. The molecule has 0 bridgehead atoms. The predicted octanol–water partition coefficient (Wildman–Crippen LogP) is 1.05. The van der Waals surface area contributed by atoms with Crippen LogP contribution in [0, 0.1) is 6.92 Å². The molecule has 0 saturated carbocycles. The van der Waals surface area contributed by atoms with E-state index in [1.54, 1.807) is 6.92 Å². The molecule has 2 aromatic heterocycles. The van der Waals surface area contributed by atoms with E-state index >= 15 is 0 Å². The van der Waals surface area contributed by atoms with Crippen LogP contribution >= 0.6 is 0 Å².